The second-order valence-electron chi connectivity index (χ2n) is 4.49. The van der Waals surface area contributed by atoms with Gasteiger partial charge in [-0.15, -0.1) is 0 Å². The summed E-state index contributed by atoms with van der Waals surface area (Å²) in [5, 5.41) is 19.1. The maximum Gasteiger partial charge on any atom is 0.435 e. The van der Waals surface area contributed by atoms with Crippen molar-refractivity contribution in [2.45, 2.75) is 45.7 Å². The summed E-state index contributed by atoms with van der Waals surface area (Å²) in [5.41, 5.74) is 0.316. The first-order chi connectivity index (χ1) is 7.88. The van der Waals surface area contributed by atoms with E-state index in [0.717, 1.165) is 0 Å². The molecule has 0 rings (SSSR count). The molecule has 0 aromatic heterocycles. The molecule has 0 amide bonds. The second kappa shape index (κ2) is 6.62. The van der Waals surface area contributed by atoms with Gasteiger partial charge < -0.3 is 14.3 Å². The summed E-state index contributed by atoms with van der Waals surface area (Å²) in [6, 6.07) is 0. The first-order valence-electron chi connectivity index (χ1n) is 5.85. The topological polar surface area (TPSA) is 66.8 Å². The van der Waals surface area contributed by atoms with Crippen LogP contribution >= 0.6 is 0 Å². The molecule has 0 spiro atoms. The third-order valence-electron chi connectivity index (χ3n) is 2.96. The zero-order chi connectivity index (χ0) is 13.6. The van der Waals surface area contributed by atoms with Crippen molar-refractivity contribution in [1.82, 2.24) is 0 Å². The maximum absolute atomic E-state index is 9.74. The molecule has 0 heterocycles. The molecule has 0 aliphatic carbocycles. The second-order valence-corrected chi connectivity index (χ2v) is 9.15. The summed E-state index contributed by atoms with van der Waals surface area (Å²) in [6.45, 7) is 10.4. The molecule has 0 radical (unpaired) electrons. The van der Waals surface area contributed by atoms with Crippen LogP contribution in [0.1, 0.15) is 34.6 Å². The highest BCUT2D eigenvalue weighted by Crippen LogP contribution is 2.40. The van der Waals surface area contributed by atoms with Crippen LogP contribution in [-0.2, 0) is 9.16 Å². The van der Waals surface area contributed by atoms with Gasteiger partial charge >= 0.3 is 19.6 Å². The van der Waals surface area contributed by atoms with Crippen molar-refractivity contribution in [1.29, 1.82) is 5.39 Å². The van der Waals surface area contributed by atoms with Gasteiger partial charge in [-0.25, -0.2) is 0 Å². The van der Waals surface area contributed by atoms with Crippen LogP contribution in [0.25, 0.3) is 4.98 Å². The minimum absolute atomic E-state index is 0.158. The maximum atomic E-state index is 9.74. The Bertz CT molecular complexity index is 313. The van der Waals surface area contributed by atoms with Crippen molar-refractivity contribution in [3.05, 3.63) is 16.2 Å². The lowest BCUT2D eigenvalue weighted by molar-refractivity contribution is 0.132. The number of diazo groups is 1. The molecule has 0 saturated heterocycles. The summed E-state index contributed by atoms with van der Waals surface area (Å²) in [6.07, 6.45) is 0. The van der Waals surface area contributed by atoms with Gasteiger partial charge in [0.25, 0.3) is 0 Å². The van der Waals surface area contributed by atoms with Crippen LogP contribution < -0.4 is 0 Å². The molecule has 17 heavy (non-hydrogen) atoms. The van der Waals surface area contributed by atoms with E-state index in [1.54, 1.807) is 0 Å². The number of ether oxygens (including phenoxy) is 1. The smallest absolute Gasteiger partial charge is 0.435 e. The third kappa shape index (κ3) is 2.99. The van der Waals surface area contributed by atoms with Gasteiger partial charge in [-0.2, -0.15) is 0 Å². The molecule has 0 aliphatic rings. The summed E-state index contributed by atoms with van der Waals surface area (Å²) in [5.74, 6) is -0.352. The lowest BCUT2D eigenvalue weighted by atomic mass is 10.5. The summed E-state index contributed by atoms with van der Waals surface area (Å²) < 4.78 is 10.7. The largest absolute Gasteiger partial charge is 0.476 e. The van der Waals surface area contributed by atoms with E-state index in [2.05, 4.69) is 4.98 Å². The number of methoxy groups -OCH3 is 1. The SMILES string of the molecule is CCO[Si](C([N+]#N)=C(O)OC)(C(C)C)C(C)C. The van der Waals surface area contributed by atoms with E-state index >= 15 is 0 Å². The number of hydrogen-bond donors (Lipinski definition) is 1. The molecule has 0 fully saturated rings. The highest BCUT2D eigenvalue weighted by Gasteiger charge is 2.58. The zero-order valence-electron chi connectivity index (χ0n) is 11.5. The Hall–Kier alpha value is -1.06. The number of nitrogens with zero attached hydrogens (tertiary/aromatic N) is 2. The van der Waals surface area contributed by atoms with Crippen molar-refractivity contribution in [2.24, 2.45) is 0 Å². The molecule has 98 valence electrons. The van der Waals surface area contributed by atoms with Crippen molar-refractivity contribution >= 4 is 8.32 Å². The van der Waals surface area contributed by atoms with Crippen molar-refractivity contribution in [3.8, 4) is 0 Å². The Morgan fingerprint density at radius 3 is 2.00 bits per heavy atom. The normalized spacial score (nSPS) is 13.6. The highest BCUT2D eigenvalue weighted by atomic mass is 28.4. The van der Waals surface area contributed by atoms with E-state index in [0.29, 0.717) is 6.61 Å². The Balaban J connectivity index is 5.83. The Morgan fingerprint density at radius 2 is 1.76 bits per heavy atom. The van der Waals surface area contributed by atoms with Crippen LogP contribution in [0.2, 0.25) is 11.1 Å². The van der Waals surface area contributed by atoms with Crippen molar-refractivity contribution in [3.63, 3.8) is 0 Å². The fourth-order valence-corrected chi connectivity index (χ4v) is 6.54. The van der Waals surface area contributed by atoms with E-state index in [-0.39, 0.29) is 22.3 Å². The summed E-state index contributed by atoms with van der Waals surface area (Å²) in [7, 11) is -1.24. The summed E-state index contributed by atoms with van der Waals surface area (Å²) >= 11 is 0. The van der Waals surface area contributed by atoms with Crippen LogP contribution in [0.4, 0.5) is 0 Å². The molecule has 6 heteroatoms. The third-order valence-corrected chi connectivity index (χ3v) is 8.22. The fourth-order valence-electron chi connectivity index (χ4n) is 2.24. The first kappa shape index (κ1) is 15.9. The molecular formula is C11H23N2O3Si+. The number of aliphatic hydroxyl groups excluding tert-OH is 1. The lowest BCUT2D eigenvalue weighted by Gasteiger charge is -2.31. The Kier molecular flexibility index (Phi) is 6.20. The van der Waals surface area contributed by atoms with E-state index in [4.69, 9.17) is 14.6 Å². The monoisotopic (exact) mass is 259 g/mol. The van der Waals surface area contributed by atoms with Crippen LogP contribution in [0.3, 0.4) is 0 Å². The Labute approximate surface area is 104 Å². The molecule has 0 saturated carbocycles. The average Bonchev–Trinajstić information content (AvgIpc) is 2.27. The average molecular weight is 259 g/mol. The Morgan fingerprint density at radius 1 is 1.29 bits per heavy atom. The van der Waals surface area contributed by atoms with Crippen LogP contribution in [0, 0.1) is 5.39 Å². The van der Waals surface area contributed by atoms with Gasteiger partial charge in [0.05, 0.1) is 7.11 Å². The number of hydrogen-bond acceptors (Lipinski definition) is 4. The summed E-state index contributed by atoms with van der Waals surface area (Å²) in [4.78, 5) is 3.23. The zero-order valence-corrected chi connectivity index (χ0v) is 12.5. The minimum atomic E-state index is -2.58. The van der Waals surface area contributed by atoms with Crippen LogP contribution in [0.5, 0.6) is 0 Å². The predicted molar refractivity (Wildman–Crippen MR) is 69.3 cm³/mol. The van der Waals surface area contributed by atoms with Gasteiger partial charge in [-0.1, -0.05) is 27.7 Å². The molecule has 0 unspecified atom stereocenters. The van der Waals surface area contributed by atoms with Gasteiger partial charge in [0.15, 0.2) is 4.98 Å². The molecule has 0 aliphatic heterocycles. The van der Waals surface area contributed by atoms with E-state index in [1.807, 2.05) is 34.6 Å². The molecule has 0 atom stereocenters. The van der Waals surface area contributed by atoms with E-state index in [9.17, 15) is 5.11 Å². The van der Waals surface area contributed by atoms with Gasteiger partial charge in [-0.3, -0.25) is 0 Å². The first-order valence-corrected chi connectivity index (χ1v) is 7.91. The fraction of sp³-hybridized carbons (Fsp3) is 0.818. The minimum Gasteiger partial charge on any atom is -0.476 e. The standard InChI is InChI=1S/C11H22N2O3Si/c1-7-16-17(8(2)3,9(4)5)10(13-12)11(14)15-6/h8-9H,7H2,1-6H3/p+1. The van der Waals surface area contributed by atoms with Crippen LogP contribution in [-0.4, -0.2) is 27.1 Å². The van der Waals surface area contributed by atoms with Crippen molar-refractivity contribution in [2.75, 3.05) is 13.7 Å². The number of aliphatic hydroxyl groups is 1. The quantitative estimate of drug-likeness (QED) is 0.450. The highest BCUT2D eigenvalue weighted by molar-refractivity contribution is 6.83. The van der Waals surface area contributed by atoms with Gasteiger partial charge in [0, 0.05) is 6.61 Å². The van der Waals surface area contributed by atoms with Gasteiger partial charge in [0.2, 0.25) is 5.39 Å². The van der Waals surface area contributed by atoms with E-state index < -0.39 is 8.32 Å². The lowest BCUT2D eigenvalue weighted by Crippen LogP contribution is -2.47. The molecule has 0 aromatic carbocycles. The number of rotatable bonds is 6. The molecule has 1 N–H and O–H groups in total. The van der Waals surface area contributed by atoms with E-state index in [1.165, 1.54) is 7.11 Å². The molecule has 5 nitrogen and oxygen atoms in total. The molecular weight excluding hydrogens is 236 g/mol. The molecule has 0 bridgehead atoms. The van der Waals surface area contributed by atoms with Gasteiger partial charge in [0.1, 0.15) is 0 Å². The van der Waals surface area contributed by atoms with Crippen LogP contribution in [0.15, 0.2) is 11.3 Å². The molecule has 0 aromatic rings. The van der Waals surface area contributed by atoms with Gasteiger partial charge in [-0.05, 0) is 18.0 Å². The van der Waals surface area contributed by atoms with Crippen molar-refractivity contribution < 1.29 is 14.3 Å². The predicted octanol–water partition coefficient (Wildman–Crippen LogP) is 3.55.